The van der Waals surface area contributed by atoms with Crippen LogP contribution in [0, 0.1) is 11.8 Å². The lowest BCUT2D eigenvalue weighted by Crippen LogP contribution is -2.10. The van der Waals surface area contributed by atoms with Crippen molar-refractivity contribution >= 4 is 33.2 Å². The summed E-state index contributed by atoms with van der Waals surface area (Å²) in [5.41, 5.74) is 0. The quantitative estimate of drug-likeness (QED) is 0.501. The number of carbonyl (C=O) groups excluding carboxylic acids is 2. The molecule has 0 fully saturated rings. The van der Waals surface area contributed by atoms with Gasteiger partial charge in [0.2, 0.25) is 0 Å². The molecule has 0 heterocycles. The molecule has 14 heavy (non-hydrogen) atoms. The highest BCUT2D eigenvalue weighted by Gasteiger charge is 2.10. The summed E-state index contributed by atoms with van der Waals surface area (Å²) in [6.07, 6.45) is 0. The van der Waals surface area contributed by atoms with Crippen molar-refractivity contribution in [3.05, 3.63) is 0 Å². The molecule has 0 aromatic carbocycles. The van der Waals surface area contributed by atoms with Gasteiger partial charge in [0.05, 0.1) is 0 Å². The van der Waals surface area contributed by atoms with E-state index in [1.807, 2.05) is 13.8 Å². The summed E-state index contributed by atoms with van der Waals surface area (Å²) in [5, 5.41) is 0. The van der Waals surface area contributed by atoms with Crippen molar-refractivity contribution in [3.63, 3.8) is 0 Å². The van der Waals surface area contributed by atoms with Gasteiger partial charge in [-0.15, -0.1) is 0 Å². The minimum Gasteiger partial charge on any atom is -0.300 e. The van der Waals surface area contributed by atoms with Crippen LogP contribution >= 0.6 is 21.6 Å². The summed E-state index contributed by atoms with van der Waals surface area (Å²) in [7, 11) is 3.36. The molecule has 0 aromatic rings. The number of Topliss-reactive ketones (excluding diaryl/α,β-unsaturated/α-hetero) is 2. The van der Waals surface area contributed by atoms with Crippen molar-refractivity contribution in [1.29, 1.82) is 0 Å². The molecule has 0 radical (unpaired) electrons. The van der Waals surface area contributed by atoms with Gasteiger partial charge in [-0.05, 0) is 13.8 Å². The van der Waals surface area contributed by atoms with Crippen LogP contribution in [0.1, 0.15) is 27.7 Å². The Balaban J connectivity index is 3.47. The number of hydrogen-bond acceptors (Lipinski definition) is 4. The highest BCUT2D eigenvalue weighted by molar-refractivity contribution is 8.76. The second-order valence-electron chi connectivity index (χ2n) is 3.59. The molecule has 0 bridgehead atoms. The molecule has 0 saturated heterocycles. The van der Waals surface area contributed by atoms with Gasteiger partial charge in [0.1, 0.15) is 11.6 Å². The van der Waals surface area contributed by atoms with Gasteiger partial charge in [-0.25, -0.2) is 0 Å². The maximum atomic E-state index is 10.9. The third kappa shape index (κ3) is 6.49. The molecular formula is C10H18O2S2. The third-order valence-corrected chi connectivity index (χ3v) is 4.86. The van der Waals surface area contributed by atoms with Crippen LogP contribution < -0.4 is 0 Å². The molecule has 0 aliphatic heterocycles. The zero-order valence-corrected chi connectivity index (χ0v) is 10.8. The summed E-state index contributed by atoms with van der Waals surface area (Å²) >= 11 is 0. The van der Waals surface area contributed by atoms with Crippen LogP contribution in [0.15, 0.2) is 0 Å². The van der Waals surface area contributed by atoms with E-state index < -0.39 is 0 Å². The van der Waals surface area contributed by atoms with Gasteiger partial charge < -0.3 is 0 Å². The Kier molecular flexibility index (Phi) is 7.37. The third-order valence-electron chi connectivity index (χ3n) is 2.11. The van der Waals surface area contributed by atoms with E-state index >= 15 is 0 Å². The van der Waals surface area contributed by atoms with E-state index in [-0.39, 0.29) is 23.4 Å². The first-order valence-electron chi connectivity index (χ1n) is 4.70. The van der Waals surface area contributed by atoms with E-state index in [0.29, 0.717) is 0 Å². The van der Waals surface area contributed by atoms with Crippen molar-refractivity contribution in [2.45, 2.75) is 27.7 Å². The largest absolute Gasteiger partial charge is 0.300 e. The molecule has 0 aliphatic rings. The molecule has 0 amide bonds. The Morgan fingerprint density at radius 2 is 1.21 bits per heavy atom. The second-order valence-corrected chi connectivity index (χ2v) is 6.14. The number of ketones is 2. The maximum absolute atomic E-state index is 10.9. The van der Waals surface area contributed by atoms with Gasteiger partial charge in [-0.2, -0.15) is 0 Å². The van der Waals surface area contributed by atoms with Crippen molar-refractivity contribution < 1.29 is 9.59 Å². The maximum Gasteiger partial charge on any atom is 0.133 e. The van der Waals surface area contributed by atoms with Crippen LogP contribution in [0.4, 0.5) is 0 Å². The first-order valence-corrected chi connectivity index (χ1v) is 7.19. The van der Waals surface area contributed by atoms with E-state index in [4.69, 9.17) is 0 Å². The molecule has 4 heteroatoms. The van der Waals surface area contributed by atoms with Crippen LogP contribution in [0.2, 0.25) is 0 Å². The molecule has 0 aliphatic carbocycles. The van der Waals surface area contributed by atoms with Crippen molar-refractivity contribution in [2.24, 2.45) is 11.8 Å². The van der Waals surface area contributed by atoms with Crippen LogP contribution in [0.5, 0.6) is 0 Å². The van der Waals surface area contributed by atoms with E-state index in [1.165, 1.54) is 0 Å². The van der Waals surface area contributed by atoms with Gasteiger partial charge in [-0.3, -0.25) is 9.59 Å². The fraction of sp³-hybridized carbons (Fsp3) is 0.800. The Bertz CT molecular complexity index is 182. The Morgan fingerprint density at radius 1 is 0.929 bits per heavy atom. The predicted molar refractivity (Wildman–Crippen MR) is 64.6 cm³/mol. The normalized spacial score (nSPS) is 14.9. The number of rotatable bonds is 7. The van der Waals surface area contributed by atoms with Crippen molar-refractivity contribution in [3.8, 4) is 0 Å². The van der Waals surface area contributed by atoms with E-state index in [1.54, 1.807) is 35.4 Å². The lowest BCUT2D eigenvalue weighted by atomic mass is 10.1. The van der Waals surface area contributed by atoms with Crippen molar-refractivity contribution in [2.75, 3.05) is 11.5 Å². The molecule has 0 N–H and O–H groups in total. The molecule has 0 saturated carbocycles. The molecule has 0 spiro atoms. The van der Waals surface area contributed by atoms with Gasteiger partial charge in [0.15, 0.2) is 0 Å². The van der Waals surface area contributed by atoms with Crippen LogP contribution in [0.25, 0.3) is 0 Å². The lowest BCUT2D eigenvalue weighted by molar-refractivity contribution is -0.120. The summed E-state index contributed by atoms with van der Waals surface area (Å²) in [6, 6.07) is 0. The van der Waals surface area contributed by atoms with Crippen LogP contribution in [-0.4, -0.2) is 23.1 Å². The average Bonchev–Trinajstić information content (AvgIpc) is 2.11. The second kappa shape index (κ2) is 7.35. The van der Waals surface area contributed by atoms with E-state index in [0.717, 1.165) is 11.5 Å². The monoisotopic (exact) mass is 234 g/mol. The minimum atomic E-state index is 0.125. The summed E-state index contributed by atoms with van der Waals surface area (Å²) < 4.78 is 0. The van der Waals surface area contributed by atoms with Gasteiger partial charge in [0, 0.05) is 23.3 Å². The summed E-state index contributed by atoms with van der Waals surface area (Å²) in [5.74, 6) is 2.39. The van der Waals surface area contributed by atoms with E-state index in [9.17, 15) is 9.59 Å². The standard InChI is InChI=1S/C10H18O2S2/c1-7(9(3)11)5-13-14-6-8(2)10(4)12/h7-8H,5-6H2,1-4H3. The molecule has 2 unspecified atom stereocenters. The molecule has 0 aromatic heterocycles. The fourth-order valence-corrected chi connectivity index (χ4v) is 3.41. The highest BCUT2D eigenvalue weighted by Crippen LogP contribution is 2.26. The lowest BCUT2D eigenvalue weighted by Gasteiger charge is -2.08. The molecule has 2 nitrogen and oxygen atoms in total. The summed E-state index contributed by atoms with van der Waals surface area (Å²) in [4.78, 5) is 21.8. The fourth-order valence-electron chi connectivity index (χ4n) is 0.535. The van der Waals surface area contributed by atoms with Gasteiger partial charge in [0.25, 0.3) is 0 Å². The Labute approximate surface area is 94.0 Å². The first kappa shape index (κ1) is 14.0. The SMILES string of the molecule is CC(=O)C(C)CSSCC(C)C(C)=O. The highest BCUT2D eigenvalue weighted by atomic mass is 33.1. The van der Waals surface area contributed by atoms with Gasteiger partial charge in [-0.1, -0.05) is 35.4 Å². The Morgan fingerprint density at radius 3 is 1.43 bits per heavy atom. The smallest absolute Gasteiger partial charge is 0.133 e. The molecule has 2 atom stereocenters. The molecule has 0 rings (SSSR count). The molecule has 82 valence electrons. The summed E-state index contributed by atoms with van der Waals surface area (Å²) in [6.45, 7) is 7.11. The van der Waals surface area contributed by atoms with Crippen LogP contribution in [0.3, 0.4) is 0 Å². The topological polar surface area (TPSA) is 34.1 Å². The number of carbonyl (C=O) groups is 2. The molecular weight excluding hydrogens is 216 g/mol. The minimum absolute atomic E-state index is 0.125. The zero-order valence-electron chi connectivity index (χ0n) is 9.20. The van der Waals surface area contributed by atoms with Gasteiger partial charge >= 0.3 is 0 Å². The number of hydrogen-bond donors (Lipinski definition) is 0. The first-order chi connectivity index (χ1) is 6.45. The Hall–Kier alpha value is 0.0400. The van der Waals surface area contributed by atoms with Crippen molar-refractivity contribution in [1.82, 2.24) is 0 Å². The average molecular weight is 234 g/mol. The van der Waals surface area contributed by atoms with Crippen LogP contribution in [-0.2, 0) is 9.59 Å². The predicted octanol–water partition coefficient (Wildman–Crippen LogP) is 2.82. The zero-order chi connectivity index (χ0) is 11.1. The van der Waals surface area contributed by atoms with E-state index in [2.05, 4.69) is 0 Å².